The lowest BCUT2D eigenvalue weighted by atomic mass is 9.79. The quantitative estimate of drug-likeness (QED) is 0.820. The van der Waals surface area contributed by atoms with Gasteiger partial charge in [0, 0.05) is 25.0 Å². The number of nitrogens with two attached hydrogens (primary N) is 1. The zero-order valence-corrected chi connectivity index (χ0v) is 11.8. The van der Waals surface area contributed by atoms with E-state index in [-0.39, 0.29) is 17.4 Å². The van der Waals surface area contributed by atoms with E-state index in [1.165, 1.54) is 0 Å². The number of likely N-dealkylation sites (tertiary alicyclic amines) is 1. The third-order valence-corrected chi connectivity index (χ3v) is 4.04. The molecule has 17 heavy (non-hydrogen) atoms. The van der Waals surface area contributed by atoms with Crippen molar-refractivity contribution in [1.82, 2.24) is 4.90 Å². The lowest BCUT2D eigenvalue weighted by Gasteiger charge is -2.43. The van der Waals surface area contributed by atoms with Gasteiger partial charge in [-0.25, -0.2) is 0 Å². The maximum atomic E-state index is 12.3. The van der Waals surface area contributed by atoms with Crippen LogP contribution in [0.2, 0.25) is 0 Å². The van der Waals surface area contributed by atoms with Crippen LogP contribution in [0.4, 0.5) is 0 Å². The molecule has 0 aromatic heterocycles. The topological polar surface area (TPSA) is 46.3 Å². The third kappa shape index (κ3) is 3.70. The largest absolute Gasteiger partial charge is 0.342 e. The van der Waals surface area contributed by atoms with Crippen molar-refractivity contribution in [2.75, 3.05) is 13.1 Å². The van der Waals surface area contributed by atoms with E-state index in [1.54, 1.807) is 0 Å². The molecule has 0 aliphatic carbocycles. The highest BCUT2D eigenvalue weighted by Crippen LogP contribution is 2.28. The van der Waals surface area contributed by atoms with Crippen molar-refractivity contribution in [1.29, 1.82) is 0 Å². The van der Waals surface area contributed by atoms with E-state index in [0.29, 0.717) is 5.91 Å². The van der Waals surface area contributed by atoms with Crippen molar-refractivity contribution >= 4 is 5.91 Å². The Labute approximate surface area is 106 Å². The number of carbonyl (C=O) groups excluding carboxylic acids is 1. The van der Waals surface area contributed by atoms with Gasteiger partial charge in [0.05, 0.1) is 0 Å². The fourth-order valence-electron chi connectivity index (χ4n) is 2.51. The number of nitrogens with zero attached hydrogens (tertiary/aromatic N) is 1. The number of hydrogen-bond acceptors (Lipinski definition) is 2. The van der Waals surface area contributed by atoms with Gasteiger partial charge in [0.2, 0.25) is 5.91 Å². The van der Waals surface area contributed by atoms with Gasteiger partial charge in [-0.3, -0.25) is 4.79 Å². The highest BCUT2D eigenvalue weighted by atomic mass is 16.2. The first-order chi connectivity index (χ1) is 7.88. The molecule has 2 unspecified atom stereocenters. The van der Waals surface area contributed by atoms with Crippen LogP contribution in [0, 0.1) is 11.3 Å². The molecular formula is C14H28N2O. The lowest BCUT2D eigenvalue weighted by molar-refractivity contribution is -0.138. The molecule has 1 rings (SSSR count). The van der Waals surface area contributed by atoms with Crippen LogP contribution < -0.4 is 5.73 Å². The van der Waals surface area contributed by atoms with Crippen LogP contribution in [0.1, 0.15) is 53.4 Å². The van der Waals surface area contributed by atoms with Crippen LogP contribution >= 0.6 is 0 Å². The van der Waals surface area contributed by atoms with Crippen molar-refractivity contribution in [3.63, 3.8) is 0 Å². The molecule has 1 amide bonds. The van der Waals surface area contributed by atoms with E-state index in [4.69, 9.17) is 5.73 Å². The highest BCUT2D eigenvalue weighted by Gasteiger charge is 2.36. The van der Waals surface area contributed by atoms with Gasteiger partial charge >= 0.3 is 0 Å². The standard InChI is InChI=1S/C14H28N2O/c1-5-6-7-11(2)13(17)16-9-8-12(15)14(3,4)10-16/h11-12H,5-10,15H2,1-4H3. The molecule has 0 spiro atoms. The van der Waals surface area contributed by atoms with Crippen LogP contribution in [0.25, 0.3) is 0 Å². The van der Waals surface area contributed by atoms with Gasteiger partial charge in [0.25, 0.3) is 0 Å². The normalized spacial score (nSPS) is 25.7. The van der Waals surface area contributed by atoms with Gasteiger partial charge in [-0.2, -0.15) is 0 Å². The second-order valence-corrected chi connectivity index (χ2v) is 6.19. The monoisotopic (exact) mass is 240 g/mol. The van der Waals surface area contributed by atoms with Crippen LogP contribution in [0.5, 0.6) is 0 Å². The SMILES string of the molecule is CCCCC(C)C(=O)N1CCC(N)C(C)(C)C1. The minimum atomic E-state index is 0.0540. The predicted molar refractivity (Wildman–Crippen MR) is 71.6 cm³/mol. The Morgan fingerprint density at radius 2 is 2.18 bits per heavy atom. The molecule has 3 heteroatoms. The summed E-state index contributed by atoms with van der Waals surface area (Å²) in [6.07, 6.45) is 4.25. The average molecular weight is 240 g/mol. The van der Waals surface area contributed by atoms with Crippen molar-refractivity contribution in [2.24, 2.45) is 17.1 Å². The smallest absolute Gasteiger partial charge is 0.225 e. The second-order valence-electron chi connectivity index (χ2n) is 6.19. The van der Waals surface area contributed by atoms with Gasteiger partial charge in [-0.1, -0.05) is 40.5 Å². The van der Waals surface area contributed by atoms with E-state index >= 15 is 0 Å². The molecule has 0 aromatic carbocycles. The zero-order valence-electron chi connectivity index (χ0n) is 11.8. The van der Waals surface area contributed by atoms with E-state index in [1.807, 2.05) is 4.90 Å². The van der Waals surface area contributed by atoms with Crippen molar-refractivity contribution < 1.29 is 4.79 Å². The summed E-state index contributed by atoms with van der Waals surface area (Å²) in [6.45, 7) is 10.2. The molecule has 1 fully saturated rings. The summed E-state index contributed by atoms with van der Waals surface area (Å²) in [7, 11) is 0. The molecule has 0 aromatic rings. The number of rotatable bonds is 4. The second kappa shape index (κ2) is 5.85. The molecule has 0 saturated carbocycles. The van der Waals surface area contributed by atoms with Crippen LogP contribution in [0.15, 0.2) is 0 Å². The van der Waals surface area contributed by atoms with Crippen LogP contribution in [-0.4, -0.2) is 29.9 Å². The summed E-state index contributed by atoms with van der Waals surface area (Å²) >= 11 is 0. The fraction of sp³-hybridized carbons (Fsp3) is 0.929. The molecule has 1 aliphatic heterocycles. The Bertz CT molecular complexity index is 263. The van der Waals surface area contributed by atoms with Crippen LogP contribution in [0.3, 0.4) is 0 Å². The summed E-state index contributed by atoms with van der Waals surface area (Å²) in [4.78, 5) is 14.3. The van der Waals surface area contributed by atoms with E-state index in [9.17, 15) is 4.79 Å². The van der Waals surface area contributed by atoms with Gasteiger partial charge in [-0.15, -0.1) is 0 Å². The number of unbranched alkanes of at least 4 members (excludes halogenated alkanes) is 1. The van der Waals surface area contributed by atoms with Gasteiger partial charge in [-0.05, 0) is 18.3 Å². The Morgan fingerprint density at radius 3 is 2.71 bits per heavy atom. The first-order valence-electron chi connectivity index (χ1n) is 6.93. The lowest BCUT2D eigenvalue weighted by Crippen LogP contribution is -2.54. The summed E-state index contributed by atoms with van der Waals surface area (Å²) < 4.78 is 0. The minimum Gasteiger partial charge on any atom is -0.342 e. The minimum absolute atomic E-state index is 0.0540. The first-order valence-corrected chi connectivity index (χ1v) is 6.93. The molecule has 100 valence electrons. The average Bonchev–Trinajstić information content (AvgIpc) is 2.28. The van der Waals surface area contributed by atoms with Crippen LogP contribution in [-0.2, 0) is 4.79 Å². The molecule has 1 heterocycles. The van der Waals surface area contributed by atoms with Crippen molar-refractivity contribution in [3.05, 3.63) is 0 Å². The van der Waals surface area contributed by atoms with Gasteiger partial charge < -0.3 is 10.6 Å². The van der Waals surface area contributed by atoms with Crippen molar-refractivity contribution in [3.8, 4) is 0 Å². The molecule has 1 aliphatic rings. The highest BCUT2D eigenvalue weighted by molar-refractivity contribution is 5.78. The molecule has 3 nitrogen and oxygen atoms in total. The summed E-state index contributed by atoms with van der Waals surface area (Å²) in [5.74, 6) is 0.485. The third-order valence-electron chi connectivity index (χ3n) is 4.04. The summed E-state index contributed by atoms with van der Waals surface area (Å²) in [5.41, 5.74) is 6.15. The molecule has 0 bridgehead atoms. The number of piperidine rings is 1. The van der Waals surface area contributed by atoms with E-state index in [2.05, 4.69) is 27.7 Å². The fourth-order valence-corrected chi connectivity index (χ4v) is 2.51. The first kappa shape index (κ1) is 14.5. The molecule has 1 saturated heterocycles. The number of carbonyl (C=O) groups is 1. The van der Waals surface area contributed by atoms with Crippen molar-refractivity contribution in [2.45, 2.75) is 59.4 Å². The maximum Gasteiger partial charge on any atom is 0.225 e. The zero-order chi connectivity index (χ0) is 13.1. The predicted octanol–water partition coefficient (Wildman–Crippen LogP) is 2.40. The molecule has 0 radical (unpaired) electrons. The molecular weight excluding hydrogens is 212 g/mol. The molecule has 2 N–H and O–H groups in total. The van der Waals surface area contributed by atoms with E-state index < -0.39 is 0 Å². The maximum absolute atomic E-state index is 12.3. The molecule has 2 atom stereocenters. The van der Waals surface area contributed by atoms with Gasteiger partial charge in [0.15, 0.2) is 0 Å². The van der Waals surface area contributed by atoms with E-state index in [0.717, 1.165) is 38.8 Å². The Kier molecular flexibility index (Phi) is 4.99. The van der Waals surface area contributed by atoms with Gasteiger partial charge in [0.1, 0.15) is 0 Å². The Balaban J connectivity index is 2.53. The Hall–Kier alpha value is -0.570. The summed E-state index contributed by atoms with van der Waals surface area (Å²) in [6, 6.07) is 0.220. The Morgan fingerprint density at radius 1 is 1.53 bits per heavy atom. The number of hydrogen-bond donors (Lipinski definition) is 1. The summed E-state index contributed by atoms with van der Waals surface area (Å²) in [5, 5.41) is 0. The number of amides is 1.